The van der Waals surface area contributed by atoms with Crippen molar-refractivity contribution >= 4 is 6.08 Å². The maximum Gasteiger partial charge on any atom is -0.0260 e. The van der Waals surface area contributed by atoms with Gasteiger partial charge in [0.25, 0.3) is 0 Å². The third-order valence-corrected chi connectivity index (χ3v) is 10.7. The average molecular weight is 651 g/mol. The highest BCUT2D eigenvalue weighted by Crippen LogP contribution is 2.19. The highest BCUT2D eigenvalue weighted by Gasteiger charge is 2.03. The lowest BCUT2D eigenvalue weighted by Crippen LogP contribution is -1.98. The molecule has 274 valence electrons. The highest BCUT2D eigenvalue weighted by molar-refractivity contribution is 5.49. The number of benzene rings is 1. The zero-order chi connectivity index (χ0) is 33.7. The van der Waals surface area contributed by atoms with Gasteiger partial charge < -0.3 is 0 Å². The van der Waals surface area contributed by atoms with Crippen LogP contribution in [0.2, 0.25) is 0 Å². The predicted octanol–water partition coefficient (Wildman–Crippen LogP) is 17.2. The standard InChI is InChI=1S/C47H86/c1-4-6-8-10-12-13-14-15-16-17-18-19-20-21-22-23-24-25-26-27-28-29-30-31-32-34-36-38-46-41-43-47(44-42-46)40-39-45(3)37-35-33-11-9-7-5-2/h36,38,41-45H,4-35,37,39-40H2,1-3H3. The zero-order valence-corrected chi connectivity index (χ0v) is 32.8. The van der Waals surface area contributed by atoms with Crippen molar-refractivity contribution in [3.63, 3.8) is 0 Å². The van der Waals surface area contributed by atoms with Gasteiger partial charge in [0.05, 0.1) is 0 Å². The van der Waals surface area contributed by atoms with Crippen molar-refractivity contribution in [2.24, 2.45) is 5.92 Å². The minimum Gasteiger partial charge on any atom is -0.0839 e. The van der Waals surface area contributed by atoms with Gasteiger partial charge in [-0.1, -0.05) is 256 Å². The molecule has 0 nitrogen and oxygen atoms in total. The van der Waals surface area contributed by atoms with E-state index in [4.69, 9.17) is 0 Å². The molecule has 47 heavy (non-hydrogen) atoms. The van der Waals surface area contributed by atoms with Crippen molar-refractivity contribution in [3.05, 3.63) is 41.5 Å². The van der Waals surface area contributed by atoms with Gasteiger partial charge in [0.15, 0.2) is 0 Å². The Morgan fingerprint density at radius 3 is 1.13 bits per heavy atom. The van der Waals surface area contributed by atoms with E-state index in [0.717, 1.165) is 5.92 Å². The first-order chi connectivity index (χ1) is 23.3. The second kappa shape index (κ2) is 36.2. The summed E-state index contributed by atoms with van der Waals surface area (Å²) in [4.78, 5) is 0. The van der Waals surface area contributed by atoms with Gasteiger partial charge in [0, 0.05) is 0 Å². The Morgan fingerprint density at radius 2 is 0.745 bits per heavy atom. The van der Waals surface area contributed by atoms with Gasteiger partial charge >= 0.3 is 0 Å². The number of allylic oxidation sites excluding steroid dienone is 1. The molecule has 0 saturated heterocycles. The molecule has 1 aromatic carbocycles. The normalized spacial score (nSPS) is 12.4. The van der Waals surface area contributed by atoms with Crippen molar-refractivity contribution < 1.29 is 0 Å². The van der Waals surface area contributed by atoms with Gasteiger partial charge in [0.2, 0.25) is 0 Å². The van der Waals surface area contributed by atoms with Crippen LogP contribution in [0, 0.1) is 5.92 Å². The number of hydrogen-bond acceptors (Lipinski definition) is 0. The van der Waals surface area contributed by atoms with Gasteiger partial charge in [0.1, 0.15) is 0 Å². The van der Waals surface area contributed by atoms with Crippen LogP contribution in [-0.4, -0.2) is 0 Å². The lowest BCUT2D eigenvalue weighted by atomic mass is 9.95. The predicted molar refractivity (Wildman–Crippen MR) is 217 cm³/mol. The smallest absolute Gasteiger partial charge is 0.0260 e. The van der Waals surface area contributed by atoms with E-state index in [1.165, 1.54) is 236 Å². The first kappa shape index (κ1) is 44.0. The molecule has 0 aromatic heterocycles. The SMILES string of the molecule is CCCCCCCCCCCCCCCCCCCCCCCCCCCC=Cc1ccc(CCC(C)CCCCCCCC)cc1. The summed E-state index contributed by atoms with van der Waals surface area (Å²) in [5.41, 5.74) is 2.88. The molecule has 1 atom stereocenters. The minimum atomic E-state index is 0.860. The fourth-order valence-electron chi connectivity index (χ4n) is 7.25. The second-order valence-corrected chi connectivity index (χ2v) is 15.6. The molecule has 0 aliphatic rings. The monoisotopic (exact) mass is 651 g/mol. The fourth-order valence-corrected chi connectivity index (χ4v) is 7.25. The van der Waals surface area contributed by atoms with Crippen molar-refractivity contribution in [2.45, 2.75) is 245 Å². The summed E-state index contributed by atoms with van der Waals surface area (Å²) >= 11 is 0. The Kier molecular flexibility index (Phi) is 33.9. The van der Waals surface area contributed by atoms with Crippen LogP contribution in [0.5, 0.6) is 0 Å². The van der Waals surface area contributed by atoms with Crippen LogP contribution >= 0.6 is 0 Å². The Hall–Kier alpha value is -1.04. The van der Waals surface area contributed by atoms with E-state index < -0.39 is 0 Å². The van der Waals surface area contributed by atoms with Crippen LogP contribution in [0.4, 0.5) is 0 Å². The third-order valence-electron chi connectivity index (χ3n) is 10.7. The highest BCUT2D eigenvalue weighted by atomic mass is 14.1. The molecule has 1 unspecified atom stereocenters. The molecule has 0 radical (unpaired) electrons. The summed E-state index contributed by atoms with van der Waals surface area (Å²) in [7, 11) is 0. The zero-order valence-electron chi connectivity index (χ0n) is 32.8. The van der Waals surface area contributed by atoms with Crippen LogP contribution in [0.15, 0.2) is 30.3 Å². The lowest BCUT2D eigenvalue weighted by molar-refractivity contribution is 0.456. The van der Waals surface area contributed by atoms with E-state index in [-0.39, 0.29) is 0 Å². The maximum absolute atomic E-state index is 2.45. The molecule has 0 aliphatic carbocycles. The molecule has 0 N–H and O–H groups in total. The summed E-state index contributed by atoms with van der Waals surface area (Å²) in [6, 6.07) is 9.37. The van der Waals surface area contributed by atoms with Crippen LogP contribution in [0.3, 0.4) is 0 Å². The topological polar surface area (TPSA) is 0 Å². The quantitative estimate of drug-likeness (QED) is 0.0629. The van der Waals surface area contributed by atoms with Crippen LogP contribution in [-0.2, 0) is 6.42 Å². The van der Waals surface area contributed by atoms with E-state index >= 15 is 0 Å². The van der Waals surface area contributed by atoms with E-state index in [0.29, 0.717) is 0 Å². The maximum atomic E-state index is 2.45. The number of hydrogen-bond donors (Lipinski definition) is 0. The molecule has 0 fully saturated rings. The lowest BCUT2D eigenvalue weighted by Gasteiger charge is -2.11. The van der Waals surface area contributed by atoms with Gasteiger partial charge in [-0.3, -0.25) is 0 Å². The molecule has 0 aliphatic heterocycles. The second-order valence-electron chi connectivity index (χ2n) is 15.6. The Balaban J connectivity index is 1.80. The number of aryl methyl sites for hydroxylation is 1. The van der Waals surface area contributed by atoms with E-state index in [1.807, 2.05) is 0 Å². The van der Waals surface area contributed by atoms with Crippen LogP contribution in [0.25, 0.3) is 6.08 Å². The van der Waals surface area contributed by atoms with Crippen LogP contribution in [0.1, 0.15) is 250 Å². The van der Waals surface area contributed by atoms with E-state index in [2.05, 4.69) is 57.2 Å². The molecule has 0 bridgehead atoms. The summed E-state index contributed by atoms with van der Waals surface area (Å²) in [6.07, 6.45) is 55.0. The summed E-state index contributed by atoms with van der Waals surface area (Å²) in [5, 5.41) is 0. The summed E-state index contributed by atoms with van der Waals surface area (Å²) < 4.78 is 0. The van der Waals surface area contributed by atoms with Gasteiger partial charge in [-0.15, -0.1) is 0 Å². The summed E-state index contributed by atoms with van der Waals surface area (Å²) in [6.45, 7) is 7.06. The Morgan fingerprint density at radius 1 is 0.404 bits per heavy atom. The van der Waals surface area contributed by atoms with Crippen LogP contribution < -0.4 is 0 Å². The molecule has 1 rings (SSSR count). The van der Waals surface area contributed by atoms with Gasteiger partial charge in [-0.2, -0.15) is 0 Å². The number of rotatable bonds is 37. The third kappa shape index (κ3) is 32.0. The van der Waals surface area contributed by atoms with Crippen molar-refractivity contribution in [3.8, 4) is 0 Å². The molecular formula is C47H86. The van der Waals surface area contributed by atoms with E-state index in [1.54, 1.807) is 0 Å². The molecule has 0 heterocycles. The van der Waals surface area contributed by atoms with Crippen molar-refractivity contribution in [1.29, 1.82) is 0 Å². The Bertz CT molecular complexity index is 742. The minimum absolute atomic E-state index is 0.860. The summed E-state index contributed by atoms with van der Waals surface area (Å²) in [5.74, 6) is 0.860. The van der Waals surface area contributed by atoms with Crippen molar-refractivity contribution in [2.75, 3.05) is 0 Å². The molecular weight excluding hydrogens is 565 g/mol. The average Bonchev–Trinajstić information content (AvgIpc) is 3.09. The van der Waals surface area contributed by atoms with Crippen molar-refractivity contribution in [1.82, 2.24) is 0 Å². The molecule has 0 spiro atoms. The van der Waals surface area contributed by atoms with Gasteiger partial charge in [-0.25, -0.2) is 0 Å². The fraction of sp³-hybridized carbons (Fsp3) is 0.830. The molecule has 0 saturated carbocycles. The Labute approximate surface area is 298 Å². The largest absolute Gasteiger partial charge is 0.0839 e. The molecule has 0 amide bonds. The first-order valence-electron chi connectivity index (χ1n) is 22.0. The van der Waals surface area contributed by atoms with Gasteiger partial charge in [-0.05, 0) is 42.7 Å². The molecule has 0 heteroatoms. The number of unbranched alkanes of at least 4 members (excludes halogenated alkanes) is 30. The molecule has 1 aromatic rings. The first-order valence-corrected chi connectivity index (χ1v) is 22.0. The van der Waals surface area contributed by atoms with E-state index in [9.17, 15) is 0 Å².